The number of hydrogen-bond donors (Lipinski definition) is 0. The van der Waals surface area contributed by atoms with Crippen molar-refractivity contribution in [3.05, 3.63) is 22.3 Å². The molecular formula is C12H13BrClF3N2. The molecule has 1 aromatic heterocycles. The van der Waals surface area contributed by atoms with Gasteiger partial charge in [0.25, 0.3) is 0 Å². The van der Waals surface area contributed by atoms with Crippen LogP contribution in [-0.4, -0.2) is 23.5 Å². The van der Waals surface area contributed by atoms with Gasteiger partial charge in [0.1, 0.15) is 5.82 Å². The predicted octanol–water partition coefficient (Wildman–Crippen LogP) is 4.46. The van der Waals surface area contributed by atoms with Crippen molar-refractivity contribution in [2.75, 3.05) is 17.3 Å². The molecule has 0 N–H and O–H groups in total. The van der Waals surface area contributed by atoms with Gasteiger partial charge in [-0.2, -0.15) is 13.2 Å². The first kappa shape index (κ1) is 14.9. The monoisotopic (exact) mass is 356 g/mol. The maximum Gasteiger partial charge on any atom is 0.419 e. The molecule has 0 saturated carbocycles. The largest absolute Gasteiger partial charge is 0.419 e. The fraction of sp³-hybridized carbons (Fsp3) is 0.583. The third-order valence-corrected chi connectivity index (χ3v) is 4.01. The van der Waals surface area contributed by atoms with E-state index >= 15 is 0 Å². The molecule has 1 fully saturated rings. The summed E-state index contributed by atoms with van der Waals surface area (Å²) in [5, 5.41) is 0. The highest BCUT2D eigenvalue weighted by molar-refractivity contribution is 9.10. The topological polar surface area (TPSA) is 16.1 Å². The first-order valence-electron chi connectivity index (χ1n) is 5.99. The maximum atomic E-state index is 13.1. The van der Waals surface area contributed by atoms with Crippen LogP contribution in [0.4, 0.5) is 19.0 Å². The number of nitrogens with zero attached hydrogens (tertiary/aromatic N) is 2. The molecule has 1 aromatic rings. The van der Waals surface area contributed by atoms with Crippen molar-refractivity contribution in [1.82, 2.24) is 4.98 Å². The highest BCUT2D eigenvalue weighted by Crippen LogP contribution is 2.38. The number of halogens is 5. The Balaban J connectivity index is 2.43. The molecule has 2 rings (SSSR count). The standard InChI is InChI=1S/C12H13BrClF3N2/c13-8-5-10(12(15,16)17)11(18-7-8)19-4-2-1-3-9(19)6-14/h5,7,9H,1-4,6H2. The smallest absolute Gasteiger partial charge is 0.352 e. The van der Waals surface area contributed by atoms with Crippen LogP contribution in [0.5, 0.6) is 0 Å². The lowest BCUT2D eigenvalue weighted by Gasteiger charge is -2.36. The summed E-state index contributed by atoms with van der Waals surface area (Å²) in [6, 6.07) is 0.993. The van der Waals surface area contributed by atoms with Crippen LogP contribution >= 0.6 is 27.5 Å². The molecule has 0 aromatic carbocycles. The molecule has 0 amide bonds. The van der Waals surface area contributed by atoms with Crippen LogP contribution < -0.4 is 4.90 Å². The Labute approximate surface area is 123 Å². The Morgan fingerprint density at radius 1 is 1.42 bits per heavy atom. The van der Waals surface area contributed by atoms with Gasteiger partial charge in [0, 0.05) is 29.1 Å². The molecule has 0 spiro atoms. The number of anilines is 1. The van der Waals surface area contributed by atoms with E-state index < -0.39 is 11.7 Å². The minimum atomic E-state index is -4.42. The zero-order chi connectivity index (χ0) is 14.0. The summed E-state index contributed by atoms with van der Waals surface area (Å²) in [4.78, 5) is 5.65. The van der Waals surface area contributed by atoms with E-state index in [1.165, 1.54) is 6.20 Å². The van der Waals surface area contributed by atoms with E-state index in [9.17, 15) is 13.2 Å². The van der Waals surface area contributed by atoms with E-state index in [1.54, 1.807) is 4.90 Å². The van der Waals surface area contributed by atoms with Crippen molar-refractivity contribution in [3.8, 4) is 0 Å². The lowest BCUT2D eigenvalue weighted by molar-refractivity contribution is -0.137. The minimum Gasteiger partial charge on any atom is -0.352 e. The molecule has 19 heavy (non-hydrogen) atoms. The van der Waals surface area contributed by atoms with E-state index in [2.05, 4.69) is 20.9 Å². The van der Waals surface area contributed by atoms with E-state index in [0.29, 0.717) is 16.9 Å². The zero-order valence-electron chi connectivity index (χ0n) is 10.1. The predicted molar refractivity (Wildman–Crippen MR) is 72.6 cm³/mol. The summed E-state index contributed by atoms with van der Waals surface area (Å²) < 4.78 is 39.6. The van der Waals surface area contributed by atoms with Crippen LogP contribution in [-0.2, 0) is 6.18 Å². The Morgan fingerprint density at radius 3 is 2.79 bits per heavy atom. The molecule has 1 saturated heterocycles. The number of rotatable bonds is 2. The van der Waals surface area contributed by atoms with Crippen LogP contribution in [0.3, 0.4) is 0 Å². The summed E-state index contributed by atoms with van der Waals surface area (Å²) in [5.74, 6) is 0.302. The van der Waals surface area contributed by atoms with Crippen molar-refractivity contribution in [1.29, 1.82) is 0 Å². The molecule has 2 heterocycles. The van der Waals surface area contributed by atoms with Gasteiger partial charge in [0.05, 0.1) is 5.56 Å². The third kappa shape index (κ3) is 3.34. The Morgan fingerprint density at radius 2 is 2.16 bits per heavy atom. The molecule has 0 aliphatic carbocycles. The van der Waals surface area contributed by atoms with Crippen molar-refractivity contribution >= 4 is 33.3 Å². The summed E-state index contributed by atoms with van der Waals surface area (Å²) in [5.41, 5.74) is -0.709. The van der Waals surface area contributed by atoms with Crippen molar-refractivity contribution in [3.63, 3.8) is 0 Å². The zero-order valence-corrected chi connectivity index (χ0v) is 12.4. The van der Waals surface area contributed by atoms with Crippen molar-refractivity contribution < 1.29 is 13.2 Å². The molecule has 0 radical (unpaired) electrons. The molecular weight excluding hydrogens is 344 g/mol. The summed E-state index contributed by atoms with van der Waals surface area (Å²) in [6.07, 6.45) is -0.363. The number of alkyl halides is 4. The second kappa shape index (κ2) is 5.87. The number of pyridine rings is 1. The second-order valence-corrected chi connectivity index (χ2v) is 5.74. The highest BCUT2D eigenvalue weighted by atomic mass is 79.9. The van der Waals surface area contributed by atoms with E-state index in [-0.39, 0.29) is 11.9 Å². The minimum absolute atomic E-state index is 0.0129. The molecule has 7 heteroatoms. The van der Waals surface area contributed by atoms with Crippen LogP contribution in [0.25, 0.3) is 0 Å². The second-order valence-electron chi connectivity index (χ2n) is 4.52. The average Bonchev–Trinajstić information content (AvgIpc) is 2.37. The Bertz CT molecular complexity index is 453. The lowest BCUT2D eigenvalue weighted by Crippen LogP contribution is -2.42. The molecule has 1 aliphatic rings. The Kier molecular flexibility index (Phi) is 4.61. The molecule has 0 bridgehead atoms. The number of hydrogen-bond acceptors (Lipinski definition) is 2. The molecule has 1 unspecified atom stereocenters. The number of piperidine rings is 1. The molecule has 2 nitrogen and oxygen atoms in total. The van der Waals surface area contributed by atoms with Crippen molar-refractivity contribution in [2.45, 2.75) is 31.5 Å². The summed E-state index contributed by atoms with van der Waals surface area (Å²) in [6.45, 7) is 0.565. The van der Waals surface area contributed by atoms with E-state index in [1.807, 2.05) is 0 Å². The molecule has 1 aliphatic heterocycles. The van der Waals surface area contributed by atoms with Gasteiger partial charge in [0.2, 0.25) is 0 Å². The highest BCUT2D eigenvalue weighted by Gasteiger charge is 2.37. The summed E-state index contributed by atoms with van der Waals surface area (Å²) >= 11 is 8.90. The van der Waals surface area contributed by atoms with Crippen molar-refractivity contribution in [2.24, 2.45) is 0 Å². The van der Waals surface area contributed by atoms with E-state index in [0.717, 1.165) is 25.3 Å². The Hall–Kier alpha value is -0.490. The van der Waals surface area contributed by atoms with Crippen LogP contribution in [0.2, 0.25) is 0 Å². The van der Waals surface area contributed by atoms with Gasteiger partial charge in [-0.15, -0.1) is 11.6 Å². The van der Waals surface area contributed by atoms with Gasteiger partial charge in [-0.25, -0.2) is 4.98 Å². The van der Waals surface area contributed by atoms with Gasteiger partial charge in [-0.1, -0.05) is 0 Å². The number of aromatic nitrogens is 1. The van der Waals surface area contributed by atoms with Crippen LogP contribution in [0, 0.1) is 0 Å². The van der Waals surface area contributed by atoms with Gasteiger partial charge >= 0.3 is 6.18 Å². The SMILES string of the molecule is FC(F)(F)c1cc(Br)cnc1N1CCCCC1CCl. The fourth-order valence-corrected chi connectivity index (χ4v) is 2.96. The fourth-order valence-electron chi connectivity index (χ4n) is 2.31. The molecule has 106 valence electrons. The quantitative estimate of drug-likeness (QED) is 0.727. The van der Waals surface area contributed by atoms with Crippen LogP contribution in [0.1, 0.15) is 24.8 Å². The third-order valence-electron chi connectivity index (χ3n) is 3.22. The van der Waals surface area contributed by atoms with Gasteiger partial charge in [0.15, 0.2) is 0 Å². The maximum absolute atomic E-state index is 13.1. The average molecular weight is 358 g/mol. The van der Waals surface area contributed by atoms with Gasteiger partial charge in [-0.05, 0) is 41.3 Å². The lowest BCUT2D eigenvalue weighted by atomic mass is 10.0. The first-order valence-corrected chi connectivity index (χ1v) is 7.31. The van der Waals surface area contributed by atoms with Gasteiger partial charge in [-0.3, -0.25) is 0 Å². The van der Waals surface area contributed by atoms with Gasteiger partial charge < -0.3 is 4.90 Å². The summed E-state index contributed by atoms with van der Waals surface area (Å²) in [7, 11) is 0. The first-order chi connectivity index (χ1) is 8.93. The molecule has 1 atom stereocenters. The van der Waals surface area contributed by atoms with E-state index in [4.69, 9.17) is 11.6 Å². The van der Waals surface area contributed by atoms with Crippen LogP contribution in [0.15, 0.2) is 16.7 Å². The normalized spacial score (nSPS) is 20.7.